The smallest absolute Gasteiger partial charge is 0.248 e. The number of thiophene rings is 2. The van der Waals surface area contributed by atoms with Crippen molar-refractivity contribution in [1.29, 1.82) is 0 Å². The number of nitrogens with zero attached hydrogens (tertiary/aromatic N) is 1. The molecule has 0 radical (unpaired) electrons. The number of amides is 2. The molecule has 1 aliphatic carbocycles. The number of nitrogens with one attached hydrogen (secondary N) is 1. The van der Waals surface area contributed by atoms with Gasteiger partial charge >= 0.3 is 0 Å². The summed E-state index contributed by atoms with van der Waals surface area (Å²) in [6.07, 6.45) is 4.16. The van der Waals surface area contributed by atoms with Crippen molar-refractivity contribution in [3.05, 3.63) is 74.9 Å². The van der Waals surface area contributed by atoms with Gasteiger partial charge in [0.05, 0.1) is 12.1 Å². The van der Waals surface area contributed by atoms with Crippen molar-refractivity contribution in [1.82, 2.24) is 5.32 Å². The van der Waals surface area contributed by atoms with Crippen LogP contribution in [0.2, 0.25) is 0 Å². The lowest BCUT2D eigenvalue weighted by atomic mass is 10.1. The summed E-state index contributed by atoms with van der Waals surface area (Å²) in [5.74, 6) is -1.08. The summed E-state index contributed by atoms with van der Waals surface area (Å²) in [5.41, 5.74) is 0.124. The number of carbonyl (C=O) groups is 2. The number of carbonyl (C=O) groups excluding carboxylic acids is 2. The highest BCUT2D eigenvalue weighted by Gasteiger charge is 2.36. The number of hydrogen-bond donors (Lipinski definition) is 1. The van der Waals surface area contributed by atoms with Gasteiger partial charge in [-0.25, -0.2) is 4.39 Å². The number of hydrogen-bond acceptors (Lipinski definition) is 4. The van der Waals surface area contributed by atoms with E-state index >= 15 is 0 Å². The van der Waals surface area contributed by atoms with Crippen LogP contribution < -0.4 is 10.2 Å². The van der Waals surface area contributed by atoms with E-state index in [4.69, 9.17) is 0 Å². The summed E-state index contributed by atoms with van der Waals surface area (Å²) in [5, 5.41) is 6.88. The molecule has 2 amide bonds. The zero-order valence-corrected chi connectivity index (χ0v) is 18.1. The lowest BCUT2D eigenvalue weighted by Crippen LogP contribution is -2.46. The molecule has 0 spiro atoms. The van der Waals surface area contributed by atoms with E-state index in [1.165, 1.54) is 33.6 Å². The molecule has 1 atom stereocenters. The third-order valence-electron chi connectivity index (χ3n) is 5.31. The summed E-state index contributed by atoms with van der Waals surface area (Å²) < 4.78 is 14.8. The fraction of sp³-hybridized carbons (Fsp3) is 0.304. The van der Waals surface area contributed by atoms with E-state index in [9.17, 15) is 14.0 Å². The summed E-state index contributed by atoms with van der Waals surface area (Å²) in [6, 6.07) is 12.8. The molecule has 1 aromatic carbocycles. The first-order valence-corrected chi connectivity index (χ1v) is 11.8. The molecule has 2 aromatic heterocycles. The van der Waals surface area contributed by atoms with Gasteiger partial charge in [0.1, 0.15) is 11.9 Å². The Morgan fingerprint density at radius 2 is 1.77 bits per heavy atom. The van der Waals surface area contributed by atoms with Gasteiger partial charge in [-0.15, -0.1) is 22.7 Å². The van der Waals surface area contributed by atoms with E-state index in [1.807, 2.05) is 35.0 Å². The Kier molecular flexibility index (Phi) is 6.59. The minimum atomic E-state index is -0.907. The minimum absolute atomic E-state index is 0.106. The van der Waals surface area contributed by atoms with Crippen LogP contribution >= 0.6 is 22.7 Å². The van der Waals surface area contributed by atoms with Gasteiger partial charge in [0.2, 0.25) is 11.8 Å². The number of rotatable bonds is 7. The molecule has 1 N–H and O–H groups in total. The lowest BCUT2D eigenvalue weighted by molar-refractivity contribution is -0.126. The number of halogens is 1. The molecule has 4 nitrogen and oxygen atoms in total. The van der Waals surface area contributed by atoms with Crippen molar-refractivity contribution in [2.45, 2.75) is 44.2 Å². The van der Waals surface area contributed by atoms with Gasteiger partial charge in [0.25, 0.3) is 0 Å². The van der Waals surface area contributed by atoms with Crippen LogP contribution in [0.25, 0.3) is 0 Å². The van der Waals surface area contributed by atoms with Crippen LogP contribution in [0.15, 0.2) is 59.3 Å². The van der Waals surface area contributed by atoms with Gasteiger partial charge in [0, 0.05) is 15.8 Å². The van der Waals surface area contributed by atoms with Gasteiger partial charge in [-0.1, -0.05) is 37.1 Å². The van der Waals surface area contributed by atoms with Gasteiger partial charge < -0.3 is 5.32 Å². The first-order chi connectivity index (χ1) is 14.6. The van der Waals surface area contributed by atoms with Crippen LogP contribution in [0.5, 0.6) is 0 Å². The van der Waals surface area contributed by atoms with E-state index in [0.717, 1.165) is 30.6 Å². The zero-order chi connectivity index (χ0) is 20.9. The molecule has 0 aliphatic heterocycles. The minimum Gasteiger partial charge on any atom is -0.351 e. The molecule has 3 aromatic rings. The Balaban J connectivity index is 1.73. The summed E-state index contributed by atoms with van der Waals surface area (Å²) in [7, 11) is 0. The molecule has 1 saturated carbocycles. The predicted molar refractivity (Wildman–Crippen MR) is 119 cm³/mol. The van der Waals surface area contributed by atoms with Crippen LogP contribution in [-0.2, 0) is 16.0 Å². The van der Waals surface area contributed by atoms with Crippen LogP contribution in [0.3, 0.4) is 0 Å². The highest BCUT2D eigenvalue weighted by Crippen LogP contribution is 2.33. The Bertz CT molecular complexity index is 983. The second-order valence-corrected chi connectivity index (χ2v) is 9.39. The first-order valence-electron chi connectivity index (χ1n) is 10.1. The number of para-hydroxylation sites is 1. The number of benzene rings is 1. The molecule has 0 saturated heterocycles. The van der Waals surface area contributed by atoms with Crippen molar-refractivity contribution in [2.24, 2.45) is 0 Å². The standard InChI is InChI=1S/C23H23FN2O2S2/c24-18-10-3-4-11-19(18)26(21(27)15-17-9-5-13-29-17)22(20-12-6-14-30-20)23(28)25-16-7-1-2-8-16/h3-6,9-14,16,22H,1-2,7-8,15H2,(H,25,28)/t22-/m0/s1. The monoisotopic (exact) mass is 442 g/mol. The Morgan fingerprint density at radius 3 is 2.43 bits per heavy atom. The van der Waals surface area contributed by atoms with Gasteiger partial charge in [-0.05, 0) is 47.9 Å². The van der Waals surface area contributed by atoms with E-state index in [0.29, 0.717) is 4.88 Å². The average molecular weight is 443 g/mol. The lowest BCUT2D eigenvalue weighted by Gasteiger charge is -2.31. The van der Waals surface area contributed by atoms with E-state index in [-0.39, 0.29) is 30.0 Å². The third-order valence-corrected chi connectivity index (χ3v) is 7.11. The zero-order valence-electron chi connectivity index (χ0n) is 16.4. The van der Waals surface area contributed by atoms with Crippen molar-refractivity contribution in [2.75, 3.05) is 4.90 Å². The molecular weight excluding hydrogens is 419 g/mol. The maximum Gasteiger partial charge on any atom is 0.248 e. The average Bonchev–Trinajstić information content (AvgIpc) is 3.50. The summed E-state index contributed by atoms with van der Waals surface area (Å²) in [4.78, 5) is 29.8. The van der Waals surface area contributed by atoms with Gasteiger partial charge in [-0.2, -0.15) is 0 Å². The molecule has 156 valence electrons. The summed E-state index contributed by atoms with van der Waals surface area (Å²) >= 11 is 2.87. The molecule has 7 heteroatoms. The van der Waals surface area contributed by atoms with Crippen molar-refractivity contribution in [3.63, 3.8) is 0 Å². The second-order valence-electron chi connectivity index (χ2n) is 7.38. The first kappa shape index (κ1) is 20.8. The second kappa shape index (κ2) is 9.53. The van der Waals surface area contributed by atoms with Crippen molar-refractivity contribution >= 4 is 40.2 Å². The van der Waals surface area contributed by atoms with Crippen molar-refractivity contribution < 1.29 is 14.0 Å². The van der Waals surface area contributed by atoms with Gasteiger partial charge in [0.15, 0.2) is 0 Å². The normalized spacial score (nSPS) is 15.1. The molecule has 1 aliphatic rings. The SMILES string of the molecule is O=C(NC1CCCC1)[C@H](c1cccs1)N(C(=O)Cc1cccs1)c1ccccc1F. The van der Waals surface area contributed by atoms with Crippen LogP contribution in [0.1, 0.15) is 41.5 Å². The highest BCUT2D eigenvalue weighted by molar-refractivity contribution is 7.10. The Labute approximate surface area is 183 Å². The van der Waals surface area contributed by atoms with Crippen LogP contribution in [-0.4, -0.2) is 17.9 Å². The maximum absolute atomic E-state index is 14.8. The largest absolute Gasteiger partial charge is 0.351 e. The quantitative estimate of drug-likeness (QED) is 0.538. The molecule has 4 rings (SSSR count). The molecule has 0 bridgehead atoms. The molecule has 1 fully saturated rings. The summed E-state index contributed by atoms with van der Waals surface area (Å²) in [6.45, 7) is 0. The topological polar surface area (TPSA) is 49.4 Å². The Morgan fingerprint density at radius 1 is 1.03 bits per heavy atom. The fourth-order valence-corrected chi connectivity index (χ4v) is 5.39. The molecular formula is C23H23FN2O2S2. The van der Waals surface area contributed by atoms with E-state index in [2.05, 4.69) is 5.32 Å². The third kappa shape index (κ3) is 4.63. The molecule has 30 heavy (non-hydrogen) atoms. The maximum atomic E-state index is 14.8. The fourth-order valence-electron chi connectivity index (χ4n) is 3.88. The van der Waals surface area contributed by atoms with E-state index < -0.39 is 11.9 Å². The van der Waals surface area contributed by atoms with E-state index in [1.54, 1.807) is 18.2 Å². The van der Waals surface area contributed by atoms with Crippen LogP contribution in [0, 0.1) is 5.82 Å². The van der Waals surface area contributed by atoms with Crippen molar-refractivity contribution in [3.8, 4) is 0 Å². The van der Waals surface area contributed by atoms with Crippen LogP contribution in [0.4, 0.5) is 10.1 Å². The molecule has 2 heterocycles. The Hall–Kier alpha value is -2.51. The van der Waals surface area contributed by atoms with Gasteiger partial charge in [-0.3, -0.25) is 14.5 Å². The molecule has 0 unspecified atom stereocenters. The highest BCUT2D eigenvalue weighted by atomic mass is 32.1. The number of anilines is 1. The predicted octanol–water partition coefficient (Wildman–Crippen LogP) is 5.32.